The lowest BCUT2D eigenvalue weighted by atomic mass is 10.2. The Morgan fingerprint density at radius 3 is 2.83 bits per heavy atom. The minimum atomic E-state index is -0.436. The Morgan fingerprint density at radius 1 is 1.56 bits per heavy atom. The fourth-order valence-electron chi connectivity index (χ4n) is 1.17. The topological polar surface area (TPSA) is 81.0 Å². The third kappa shape index (κ3) is 4.14. The molecule has 0 aliphatic heterocycles. The van der Waals surface area contributed by atoms with E-state index in [0.29, 0.717) is 23.4 Å². The van der Waals surface area contributed by atoms with Crippen molar-refractivity contribution >= 4 is 23.4 Å². The summed E-state index contributed by atoms with van der Waals surface area (Å²) in [5, 5.41) is 14.3. The molecule has 0 bridgehead atoms. The summed E-state index contributed by atoms with van der Waals surface area (Å²) in [6, 6.07) is 0. The van der Waals surface area contributed by atoms with Crippen LogP contribution < -0.4 is 5.32 Å². The number of hydrogen-bond acceptors (Lipinski definition) is 6. The van der Waals surface area contributed by atoms with Gasteiger partial charge in [0, 0.05) is 12.3 Å². The van der Waals surface area contributed by atoms with Gasteiger partial charge in [0.05, 0.1) is 4.92 Å². The molecule has 1 heterocycles. The maximum absolute atomic E-state index is 10.9. The predicted molar refractivity (Wildman–Crippen MR) is 73.0 cm³/mol. The van der Waals surface area contributed by atoms with E-state index in [0.717, 1.165) is 12.2 Å². The molecule has 1 rings (SSSR count). The van der Waals surface area contributed by atoms with Crippen molar-refractivity contribution in [2.75, 3.05) is 17.6 Å². The molecule has 1 atom stereocenters. The van der Waals surface area contributed by atoms with Gasteiger partial charge in [0.2, 0.25) is 5.95 Å². The maximum atomic E-state index is 10.9. The Hall–Kier alpha value is -1.37. The van der Waals surface area contributed by atoms with Crippen LogP contribution in [0.15, 0.2) is 11.2 Å². The van der Waals surface area contributed by atoms with Crippen LogP contribution in [0.4, 0.5) is 11.6 Å². The van der Waals surface area contributed by atoms with Crippen LogP contribution >= 0.6 is 11.8 Å². The molecule has 0 fully saturated rings. The minimum absolute atomic E-state index is 0.0232. The molecular weight excluding hydrogens is 252 g/mol. The summed E-state index contributed by atoms with van der Waals surface area (Å²) in [7, 11) is 0. The summed E-state index contributed by atoms with van der Waals surface area (Å²) in [5.74, 6) is 1.77. The van der Waals surface area contributed by atoms with E-state index >= 15 is 0 Å². The van der Waals surface area contributed by atoms with Gasteiger partial charge in [-0.2, -0.15) is 4.98 Å². The highest BCUT2D eigenvalue weighted by molar-refractivity contribution is 7.99. The summed E-state index contributed by atoms with van der Waals surface area (Å²) in [4.78, 5) is 18.6. The van der Waals surface area contributed by atoms with Crippen molar-refractivity contribution in [1.82, 2.24) is 9.97 Å². The molecular formula is C11H18N4O2S. The van der Waals surface area contributed by atoms with E-state index in [1.807, 2.05) is 6.92 Å². The zero-order valence-electron chi connectivity index (χ0n) is 10.8. The van der Waals surface area contributed by atoms with Gasteiger partial charge in [0.25, 0.3) is 0 Å². The Labute approximate surface area is 111 Å². The highest BCUT2D eigenvalue weighted by Gasteiger charge is 2.18. The molecule has 1 aromatic rings. The minimum Gasteiger partial charge on any atom is -0.354 e. The number of anilines is 1. The van der Waals surface area contributed by atoms with Gasteiger partial charge in [0.15, 0.2) is 5.03 Å². The Kier molecular flexibility index (Phi) is 5.84. The van der Waals surface area contributed by atoms with Gasteiger partial charge >= 0.3 is 5.69 Å². The van der Waals surface area contributed by atoms with Gasteiger partial charge in [-0.1, -0.05) is 32.0 Å². The third-order valence-corrected chi connectivity index (χ3v) is 3.78. The average molecular weight is 270 g/mol. The highest BCUT2D eigenvalue weighted by Crippen LogP contribution is 2.29. The van der Waals surface area contributed by atoms with Crippen molar-refractivity contribution in [3.63, 3.8) is 0 Å². The zero-order valence-corrected chi connectivity index (χ0v) is 11.7. The van der Waals surface area contributed by atoms with Crippen LogP contribution in [0.3, 0.4) is 0 Å². The standard InChI is InChI=1S/C11H18N4O2S/c1-4-8(3)7-18-10-9(15(16)17)6-13-11(14-10)12-5-2/h6,8H,4-5,7H2,1-3H3,(H,12,13,14). The Bertz CT molecular complexity index is 414. The summed E-state index contributed by atoms with van der Waals surface area (Å²) in [6.07, 6.45) is 2.32. The van der Waals surface area contributed by atoms with Crippen molar-refractivity contribution in [2.24, 2.45) is 5.92 Å². The van der Waals surface area contributed by atoms with Crippen molar-refractivity contribution in [3.05, 3.63) is 16.3 Å². The Balaban J connectivity index is 2.89. The molecule has 0 saturated carbocycles. The lowest BCUT2D eigenvalue weighted by Crippen LogP contribution is -2.05. The van der Waals surface area contributed by atoms with Gasteiger partial charge < -0.3 is 5.32 Å². The van der Waals surface area contributed by atoms with Crippen LogP contribution in [0.1, 0.15) is 27.2 Å². The first kappa shape index (κ1) is 14.7. The number of rotatable bonds is 7. The molecule has 7 heteroatoms. The van der Waals surface area contributed by atoms with E-state index in [1.54, 1.807) is 0 Å². The quantitative estimate of drug-likeness (QED) is 0.355. The van der Waals surface area contributed by atoms with Gasteiger partial charge in [-0.15, -0.1) is 0 Å². The molecule has 100 valence electrons. The van der Waals surface area contributed by atoms with Crippen LogP contribution in [0, 0.1) is 16.0 Å². The molecule has 1 aromatic heterocycles. The van der Waals surface area contributed by atoms with Gasteiger partial charge in [-0.3, -0.25) is 10.1 Å². The normalized spacial score (nSPS) is 12.2. The number of nitro groups is 1. The monoisotopic (exact) mass is 270 g/mol. The van der Waals surface area contributed by atoms with Gasteiger partial charge in [0.1, 0.15) is 6.20 Å². The summed E-state index contributed by atoms with van der Waals surface area (Å²) >= 11 is 1.42. The fraction of sp³-hybridized carbons (Fsp3) is 0.636. The van der Waals surface area contributed by atoms with Crippen LogP contribution in [-0.4, -0.2) is 27.2 Å². The highest BCUT2D eigenvalue weighted by atomic mass is 32.2. The van der Waals surface area contributed by atoms with Crippen molar-refractivity contribution in [1.29, 1.82) is 0 Å². The first-order chi connectivity index (χ1) is 8.58. The van der Waals surface area contributed by atoms with Crippen molar-refractivity contribution in [3.8, 4) is 0 Å². The summed E-state index contributed by atoms with van der Waals surface area (Å²) in [6.45, 7) is 6.83. The molecule has 6 nitrogen and oxygen atoms in total. The molecule has 18 heavy (non-hydrogen) atoms. The fourth-order valence-corrected chi connectivity index (χ4v) is 2.28. The van der Waals surface area contributed by atoms with Crippen LogP contribution in [0.2, 0.25) is 0 Å². The van der Waals surface area contributed by atoms with Crippen molar-refractivity contribution in [2.45, 2.75) is 32.2 Å². The average Bonchev–Trinajstić information content (AvgIpc) is 2.36. The summed E-state index contributed by atoms with van der Waals surface area (Å²) < 4.78 is 0. The molecule has 0 aliphatic carbocycles. The smallest absolute Gasteiger partial charge is 0.319 e. The molecule has 1 N–H and O–H groups in total. The largest absolute Gasteiger partial charge is 0.354 e. The zero-order chi connectivity index (χ0) is 13.5. The van der Waals surface area contributed by atoms with E-state index in [-0.39, 0.29) is 5.69 Å². The first-order valence-electron chi connectivity index (χ1n) is 5.96. The molecule has 0 spiro atoms. The second-order valence-corrected chi connectivity index (χ2v) is 5.00. The molecule has 0 radical (unpaired) electrons. The third-order valence-electron chi connectivity index (χ3n) is 2.47. The molecule has 0 amide bonds. The number of nitrogens with one attached hydrogen (secondary N) is 1. The Morgan fingerprint density at radius 2 is 2.28 bits per heavy atom. The van der Waals surface area contributed by atoms with E-state index in [1.165, 1.54) is 18.0 Å². The molecule has 0 saturated heterocycles. The molecule has 1 unspecified atom stereocenters. The SMILES string of the molecule is CCNc1ncc([N+](=O)[O-])c(SCC(C)CC)n1. The van der Waals surface area contributed by atoms with E-state index < -0.39 is 4.92 Å². The number of thioether (sulfide) groups is 1. The second kappa shape index (κ2) is 7.15. The molecule has 0 aromatic carbocycles. The lowest BCUT2D eigenvalue weighted by molar-refractivity contribution is -0.388. The first-order valence-corrected chi connectivity index (χ1v) is 6.95. The van der Waals surface area contributed by atoms with Crippen LogP contribution in [0.25, 0.3) is 0 Å². The number of hydrogen-bond donors (Lipinski definition) is 1. The van der Waals surface area contributed by atoms with Gasteiger partial charge in [-0.25, -0.2) is 4.98 Å². The lowest BCUT2D eigenvalue weighted by Gasteiger charge is -2.08. The predicted octanol–water partition coefficient (Wildman–Crippen LogP) is 2.95. The van der Waals surface area contributed by atoms with Crippen LogP contribution in [-0.2, 0) is 0 Å². The van der Waals surface area contributed by atoms with Gasteiger partial charge in [-0.05, 0) is 12.8 Å². The maximum Gasteiger partial charge on any atom is 0.319 e. The van der Waals surface area contributed by atoms with Crippen LogP contribution in [0.5, 0.6) is 0 Å². The number of nitrogens with zero attached hydrogens (tertiary/aromatic N) is 3. The van der Waals surface area contributed by atoms with E-state index in [4.69, 9.17) is 0 Å². The second-order valence-electron chi connectivity index (χ2n) is 4.00. The molecule has 0 aliphatic rings. The number of aromatic nitrogens is 2. The summed E-state index contributed by atoms with van der Waals surface area (Å²) in [5.41, 5.74) is -0.0232. The van der Waals surface area contributed by atoms with Crippen molar-refractivity contribution < 1.29 is 4.92 Å². The van der Waals surface area contributed by atoms with E-state index in [2.05, 4.69) is 29.1 Å². The van der Waals surface area contributed by atoms with E-state index in [9.17, 15) is 10.1 Å².